The van der Waals surface area contributed by atoms with Gasteiger partial charge in [-0.3, -0.25) is 9.59 Å². The van der Waals surface area contributed by atoms with Crippen LogP contribution in [0, 0.1) is 23.2 Å². The molecule has 2 aromatic heterocycles. The number of fused-ring (bicyclic) bond motifs is 6. The maximum absolute atomic E-state index is 13.9. The molecule has 0 bridgehead atoms. The minimum atomic E-state index is -0.698. The maximum atomic E-state index is 13.9. The zero-order valence-electron chi connectivity index (χ0n) is 37.4. The molecule has 4 aliphatic heterocycles. The van der Waals surface area contributed by atoms with Gasteiger partial charge in [0.2, 0.25) is 11.8 Å². The van der Waals surface area contributed by atoms with Crippen molar-refractivity contribution in [1.82, 2.24) is 35.1 Å². The first-order valence-electron chi connectivity index (χ1n) is 21.3. The normalized spacial score (nSPS) is 20.8. The first-order valence-corrected chi connectivity index (χ1v) is 21.3. The number of benzene rings is 3. The number of ether oxygens (including phenoxy) is 3. The van der Waals surface area contributed by atoms with E-state index < -0.39 is 12.1 Å². The van der Waals surface area contributed by atoms with E-state index in [9.17, 15) is 14.4 Å². The van der Waals surface area contributed by atoms with Crippen LogP contribution in [0.4, 0.5) is 4.79 Å². The van der Waals surface area contributed by atoms with Gasteiger partial charge < -0.3 is 39.3 Å². The van der Waals surface area contributed by atoms with E-state index in [2.05, 4.69) is 82.6 Å². The molecule has 9 rings (SSSR count). The molecule has 6 heterocycles. The Hall–Kier alpha value is -3.68. The Morgan fingerprint density at radius 1 is 0.844 bits per heavy atom. The van der Waals surface area contributed by atoms with Crippen LogP contribution in [0.15, 0.2) is 48.5 Å². The topological polar surface area (TPSA) is 155 Å². The first kappa shape index (κ1) is 52.9. The lowest BCUT2D eigenvalue weighted by Crippen LogP contribution is -2.51. The van der Waals surface area contributed by atoms with Crippen LogP contribution in [-0.4, -0.2) is 87.1 Å². The number of hydrogen-bond donors (Lipinski definition) is 3. The molecule has 4 aliphatic rings. The molecule has 1 spiro atoms. The zero-order chi connectivity index (χ0) is 41.2. The average Bonchev–Trinajstić information content (AvgIpc) is 4.06. The Labute approximate surface area is 410 Å². The van der Waals surface area contributed by atoms with Crippen molar-refractivity contribution in [1.29, 1.82) is 0 Å². The molecule has 0 saturated carbocycles. The molecule has 3 amide bonds. The highest BCUT2D eigenvalue weighted by molar-refractivity contribution is 7.60. The fourth-order valence-corrected chi connectivity index (χ4v) is 9.71. The van der Waals surface area contributed by atoms with Crippen molar-refractivity contribution in [3.63, 3.8) is 0 Å². The number of aromatic amines is 2. The van der Waals surface area contributed by atoms with E-state index >= 15 is 0 Å². The van der Waals surface area contributed by atoms with E-state index in [4.69, 9.17) is 24.2 Å². The van der Waals surface area contributed by atoms with E-state index in [-0.39, 0.29) is 115 Å². The fraction of sp³-hybridized carbons (Fsp3) is 0.500. The smallest absolute Gasteiger partial charge is 0.407 e. The van der Waals surface area contributed by atoms with E-state index in [0.717, 1.165) is 106 Å². The minimum Gasteiger partial charge on any atom is -0.487 e. The number of methoxy groups -OCH3 is 1. The van der Waals surface area contributed by atoms with Crippen LogP contribution < -0.4 is 10.1 Å². The van der Waals surface area contributed by atoms with Gasteiger partial charge in [0.1, 0.15) is 30.0 Å². The Kier molecular flexibility index (Phi) is 17.6. The summed E-state index contributed by atoms with van der Waals surface area (Å²) in [6, 6.07) is 15.9. The molecular weight excluding hydrogens is 907 g/mol. The molecule has 3 N–H and O–H groups in total. The highest BCUT2D eigenvalue weighted by Crippen LogP contribution is 2.48. The molecule has 3 saturated heterocycles. The van der Waals surface area contributed by atoms with Gasteiger partial charge in [-0.1, -0.05) is 58.9 Å². The summed E-state index contributed by atoms with van der Waals surface area (Å²) in [4.78, 5) is 61.0. The fourth-order valence-electron chi connectivity index (χ4n) is 9.71. The monoisotopic (exact) mass is 971 g/mol. The zero-order valence-corrected chi connectivity index (χ0v) is 42.4. The molecule has 3 fully saturated rings. The van der Waals surface area contributed by atoms with Crippen molar-refractivity contribution < 1.29 is 28.6 Å². The number of amides is 3. The van der Waals surface area contributed by atoms with Gasteiger partial charge in [0.05, 0.1) is 48.2 Å². The van der Waals surface area contributed by atoms with Crippen molar-refractivity contribution in [2.24, 2.45) is 23.2 Å². The summed E-state index contributed by atoms with van der Waals surface area (Å²) in [5, 5.41) is 4.85. The standard InChI is InChI=1S/C46H55N7O6.5H2S/c1-25(2)27(5)43(54)53-23-46(16-8-18-58-24-46)21-36(53)42-47-33-15-12-30-19-28(10-13-31(30)39(33)49-42)29-11-14-32-37(20-29)59-22-34-40(32)50-41(48-34)35-9-7-17-52(35)44(55)38(26(3)4)51-45(56)57-6;;;;;/h10-15,19-20,25-27,35-36,38H,7-9,16-18,21-24H2,1-6H3,(H,47,49)(H,48,50)(H,51,56);5*1H2/t27-,35-,36-,38-,46-;;;;;/m0...../s1. The number of carbonyl (C=O) groups is 3. The molecule has 3 aromatic carbocycles. The lowest BCUT2D eigenvalue weighted by Gasteiger charge is -2.33. The van der Waals surface area contributed by atoms with E-state index in [1.165, 1.54) is 7.11 Å². The molecule has 0 aliphatic carbocycles. The Morgan fingerprint density at radius 3 is 2.28 bits per heavy atom. The summed E-state index contributed by atoms with van der Waals surface area (Å²) in [5.41, 5.74) is 6.53. The number of alkyl carbamates (subject to hydrolysis) is 1. The average molecular weight is 972 g/mol. The van der Waals surface area contributed by atoms with Gasteiger partial charge in [-0.2, -0.15) is 67.5 Å². The van der Waals surface area contributed by atoms with Crippen LogP contribution in [0.1, 0.15) is 96.1 Å². The van der Waals surface area contributed by atoms with Crippen LogP contribution in [0.5, 0.6) is 5.75 Å². The van der Waals surface area contributed by atoms with Crippen molar-refractivity contribution in [3.05, 3.63) is 65.9 Å². The van der Waals surface area contributed by atoms with Crippen LogP contribution >= 0.6 is 67.5 Å². The second kappa shape index (κ2) is 21.3. The van der Waals surface area contributed by atoms with Gasteiger partial charge in [-0.15, -0.1) is 0 Å². The second-order valence-electron chi connectivity index (χ2n) is 17.9. The predicted molar refractivity (Wildman–Crippen MR) is 276 cm³/mol. The third kappa shape index (κ3) is 9.73. The van der Waals surface area contributed by atoms with Gasteiger partial charge >= 0.3 is 6.09 Å². The van der Waals surface area contributed by atoms with Gasteiger partial charge in [0.25, 0.3) is 0 Å². The highest BCUT2D eigenvalue weighted by atomic mass is 32.1. The molecule has 350 valence electrons. The summed E-state index contributed by atoms with van der Waals surface area (Å²) in [6.45, 7) is 13.2. The third-order valence-electron chi connectivity index (χ3n) is 13.4. The number of nitrogens with zero attached hydrogens (tertiary/aromatic N) is 4. The van der Waals surface area contributed by atoms with Crippen LogP contribution in [0.2, 0.25) is 0 Å². The van der Waals surface area contributed by atoms with Crippen molar-refractivity contribution in [3.8, 4) is 28.1 Å². The Morgan fingerprint density at radius 2 is 1.58 bits per heavy atom. The second-order valence-corrected chi connectivity index (χ2v) is 17.9. The molecule has 0 unspecified atom stereocenters. The molecule has 64 heavy (non-hydrogen) atoms. The molecule has 5 atom stereocenters. The van der Waals surface area contributed by atoms with Crippen molar-refractivity contribution in [2.45, 2.75) is 91.5 Å². The van der Waals surface area contributed by atoms with Crippen molar-refractivity contribution >= 4 is 107 Å². The van der Waals surface area contributed by atoms with Gasteiger partial charge in [-0.25, -0.2) is 14.8 Å². The summed E-state index contributed by atoms with van der Waals surface area (Å²) in [5.74, 6) is 2.45. The minimum absolute atomic E-state index is 0. The number of imidazole rings is 2. The molecule has 13 nitrogen and oxygen atoms in total. The number of H-pyrrole nitrogens is 2. The lowest BCUT2D eigenvalue weighted by atomic mass is 9.80. The van der Waals surface area contributed by atoms with Crippen molar-refractivity contribution in [2.75, 3.05) is 33.4 Å². The van der Waals surface area contributed by atoms with Crippen LogP contribution in [0.3, 0.4) is 0 Å². The number of hydrogen-bond acceptors (Lipinski definition) is 8. The van der Waals surface area contributed by atoms with E-state index in [1.54, 1.807) is 0 Å². The molecular formula is C46H65N7O6S5. The Balaban J connectivity index is 0.00000180. The quantitative estimate of drug-likeness (QED) is 0.140. The SMILES string of the molecule is COC(=O)N[C@H](C(=O)N1CCC[C@H]1c1nc2c([nH]1)COc1cc(-c3ccc4c(ccc5[nH]c([C@@H]6C[C@@]7(CCCOC7)CN6C(=O)[C@@H](C)C(C)C)nc54)c3)ccc1-2)C(C)C.S.S.S.S.S. The highest BCUT2D eigenvalue weighted by Gasteiger charge is 2.49. The van der Waals surface area contributed by atoms with Gasteiger partial charge in [-0.05, 0) is 84.7 Å². The summed E-state index contributed by atoms with van der Waals surface area (Å²) in [7, 11) is 1.30. The number of likely N-dealkylation sites (tertiary alicyclic amines) is 2. The Bertz CT molecular complexity index is 2450. The number of aromatic nitrogens is 4. The third-order valence-corrected chi connectivity index (χ3v) is 13.4. The molecule has 18 heteroatoms. The summed E-state index contributed by atoms with van der Waals surface area (Å²) in [6.07, 6.45) is 3.92. The summed E-state index contributed by atoms with van der Waals surface area (Å²) >= 11 is 0. The number of nitrogens with one attached hydrogen (secondary N) is 3. The molecule has 0 radical (unpaired) electrons. The first-order chi connectivity index (χ1) is 28.4. The van der Waals surface area contributed by atoms with E-state index in [0.29, 0.717) is 26.3 Å². The van der Waals surface area contributed by atoms with Gasteiger partial charge in [0, 0.05) is 42.0 Å². The number of rotatable bonds is 8. The number of carbonyl (C=O) groups excluding carboxylic acids is 3. The van der Waals surface area contributed by atoms with Crippen LogP contribution in [-0.2, 0) is 25.7 Å². The lowest BCUT2D eigenvalue weighted by molar-refractivity contribution is -0.138. The molecule has 5 aromatic rings. The van der Waals surface area contributed by atoms with E-state index in [1.807, 2.05) is 25.7 Å². The maximum Gasteiger partial charge on any atom is 0.407 e. The van der Waals surface area contributed by atoms with Crippen LogP contribution in [0.25, 0.3) is 44.2 Å². The summed E-state index contributed by atoms with van der Waals surface area (Å²) < 4.78 is 17.1. The predicted octanol–water partition coefficient (Wildman–Crippen LogP) is 8.64. The van der Waals surface area contributed by atoms with Gasteiger partial charge in [0.15, 0.2) is 0 Å². The largest absolute Gasteiger partial charge is 0.487 e.